The number of nitrogens with one attached hydrogen (secondary N) is 3. The van der Waals surface area contributed by atoms with Crippen LogP contribution in [0.3, 0.4) is 0 Å². The van der Waals surface area contributed by atoms with Gasteiger partial charge in [-0.3, -0.25) is 4.68 Å². The third kappa shape index (κ3) is 4.37. The van der Waals surface area contributed by atoms with Gasteiger partial charge in [0.1, 0.15) is 17.2 Å². The van der Waals surface area contributed by atoms with Crippen LogP contribution in [0.4, 0.5) is 17.5 Å². The molecular weight excluding hydrogens is 434 g/mol. The Morgan fingerprint density at radius 3 is 2.57 bits per heavy atom. The lowest BCUT2D eigenvalue weighted by Crippen LogP contribution is -2.46. The zero-order valence-electron chi connectivity index (χ0n) is 16.7. The second-order valence-electron chi connectivity index (χ2n) is 7.58. The van der Waals surface area contributed by atoms with Gasteiger partial charge in [-0.2, -0.15) is 10.1 Å². The fraction of sp³-hybridized carbons (Fsp3) is 0.588. The predicted molar refractivity (Wildman–Crippen MR) is 111 cm³/mol. The van der Waals surface area contributed by atoms with Gasteiger partial charge in [-0.05, 0) is 13.8 Å². The zero-order valence-corrected chi connectivity index (χ0v) is 18.3. The van der Waals surface area contributed by atoms with Gasteiger partial charge in [0.2, 0.25) is 16.0 Å². The molecule has 2 aliphatic heterocycles. The number of aryl methyl sites for hydroxylation is 1. The van der Waals surface area contributed by atoms with Crippen LogP contribution in [-0.4, -0.2) is 70.9 Å². The number of nitrogens with zero attached hydrogens (tertiary/aromatic N) is 4. The number of anilines is 3. The lowest BCUT2D eigenvalue weighted by atomic mass is 10.1. The van der Waals surface area contributed by atoms with Crippen LogP contribution in [0.25, 0.3) is 0 Å². The minimum atomic E-state index is -3.42. The van der Waals surface area contributed by atoms with E-state index in [0.29, 0.717) is 23.4 Å². The van der Waals surface area contributed by atoms with Gasteiger partial charge in [0.25, 0.3) is 0 Å². The summed E-state index contributed by atoms with van der Waals surface area (Å²) in [7, 11) is -1.61. The summed E-state index contributed by atoms with van der Waals surface area (Å²) in [6, 6.07) is -0.667. The van der Waals surface area contributed by atoms with Gasteiger partial charge in [-0.25, -0.2) is 18.1 Å². The summed E-state index contributed by atoms with van der Waals surface area (Å²) in [5.74, 6) is 0.794. The molecule has 0 spiro atoms. The van der Waals surface area contributed by atoms with E-state index in [1.165, 1.54) is 6.20 Å². The van der Waals surface area contributed by atoms with E-state index in [1.54, 1.807) is 30.9 Å². The van der Waals surface area contributed by atoms with Crippen LogP contribution in [-0.2, 0) is 26.5 Å². The van der Waals surface area contributed by atoms with Gasteiger partial charge in [0.05, 0.1) is 48.6 Å². The van der Waals surface area contributed by atoms with Crippen molar-refractivity contribution in [3.63, 3.8) is 0 Å². The molecule has 0 radical (unpaired) electrons. The maximum absolute atomic E-state index is 12.2. The predicted octanol–water partition coefficient (Wildman–Crippen LogP) is 0.882. The van der Waals surface area contributed by atoms with Crippen molar-refractivity contribution in [2.45, 2.75) is 43.4 Å². The van der Waals surface area contributed by atoms with Gasteiger partial charge < -0.3 is 20.1 Å². The Labute approximate surface area is 179 Å². The number of hydrogen-bond acceptors (Lipinski definition) is 9. The number of ether oxygens (including phenoxy) is 2. The Bertz CT molecular complexity index is 1020. The van der Waals surface area contributed by atoms with Gasteiger partial charge in [0, 0.05) is 13.2 Å². The Balaban J connectivity index is 1.43. The minimum Gasteiger partial charge on any atom is -0.371 e. The van der Waals surface area contributed by atoms with Crippen molar-refractivity contribution in [2.24, 2.45) is 7.05 Å². The number of fused-ring (bicyclic) bond motifs is 1. The minimum absolute atomic E-state index is 0.234. The van der Waals surface area contributed by atoms with Crippen molar-refractivity contribution in [3.05, 3.63) is 23.6 Å². The molecule has 0 amide bonds. The second kappa shape index (κ2) is 8.27. The number of halogens is 1. The highest BCUT2D eigenvalue weighted by Gasteiger charge is 2.49. The summed E-state index contributed by atoms with van der Waals surface area (Å²) in [5, 5.41) is 10.2. The maximum Gasteiger partial charge on any atom is 0.229 e. The van der Waals surface area contributed by atoms with Crippen molar-refractivity contribution in [1.82, 2.24) is 24.5 Å². The van der Waals surface area contributed by atoms with Gasteiger partial charge in [0.15, 0.2) is 5.82 Å². The van der Waals surface area contributed by atoms with Gasteiger partial charge >= 0.3 is 0 Å². The third-order valence-electron chi connectivity index (χ3n) is 5.02. The average Bonchev–Trinajstić information content (AvgIpc) is 3.37. The fourth-order valence-corrected chi connectivity index (χ4v) is 4.43. The smallest absolute Gasteiger partial charge is 0.229 e. The molecule has 0 bridgehead atoms. The molecule has 2 aliphatic rings. The third-order valence-corrected chi connectivity index (χ3v) is 7.17. The number of rotatable bonds is 7. The number of aromatic nitrogens is 4. The largest absolute Gasteiger partial charge is 0.371 e. The van der Waals surface area contributed by atoms with E-state index in [2.05, 4.69) is 30.4 Å². The summed E-state index contributed by atoms with van der Waals surface area (Å²) < 4.78 is 40.4. The Morgan fingerprint density at radius 2 is 1.90 bits per heavy atom. The molecule has 3 N–H and O–H groups in total. The van der Waals surface area contributed by atoms with Crippen LogP contribution in [0.15, 0.2) is 18.6 Å². The van der Waals surface area contributed by atoms with E-state index in [9.17, 15) is 8.42 Å². The summed E-state index contributed by atoms with van der Waals surface area (Å²) in [6.07, 6.45) is 4.24. The van der Waals surface area contributed by atoms with E-state index in [4.69, 9.17) is 21.1 Å². The molecular formula is C17H24ClN7O4S. The lowest BCUT2D eigenvalue weighted by molar-refractivity contribution is 0.0690. The van der Waals surface area contributed by atoms with Crippen LogP contribution in [0.2, 0.25) is 5.02 Å². The van der Waals surface area contributed by atoms with Crippen molar-refractivity contribution < 1.29 is 17.9 Å². The molecule has 2 saturated heterocycles. The van der Waals surface area contributed by atoms with E-state index >= 15 is 0 Å². The van der Waals surface area contributed by atoms with Gasteiger partial charge in [-0.15, -0.1) is 0 Å². The molecule has 0 aromatic carbocycles. The van der Waals surface area contributed by atoms with Crippen LogP contribution in [0.5, 0.6) is 0 Å². The number of hydrogen-bond donors (Lipinski definition) is 3. The highest BCUT2D eigenvalue weighted by atomic mass is 35.5. The van der Waals surface area contributed by atoms with E-state index in [1.807, 2.05) is 7.05 Å². The first-order chi connectivity index (χ1) is 14.2. The molecule has 11 nitrogen and oxygen atoms in total. The van der Waals surface area contributed by atoms with Crippen LogP contribution >= 0.6 is 11.6 Å². The number of sulfonamides is 1. The first-order valence-corrected chi connectivity index (χ1v) is 11.4. The molecule has 4 atom stereocenters. The molecule has 0 saturated carbocycles. The Hall–Kier alpha value is -1.99. The zero-order chi connectivity index (χ0) is 21.5. The summed E-state index contributed by atoms with van der Waals surface area (Å²) >= 11 is 6.27. The lowest BCUT2D eigenvalue weighted by Gasteiger charge is -2.20. The first-order valence-electron chi connectivity index (χ1n) is 9.52. The average molecular weight is 458 g/mol. The van der Waals surface area contributed by atoms with Crippen molar-refractivity contribution in [3.8, 4) is 0 Å². The highest BCUT2D eigenvalue weighted by molar-refractivity contribution is 7.90. The van der Waals surface area contributed by atoms with Crippen molar-refractivity contribution in [1.29, 1.82) is 0 Å². The molecule has 30 heavy (non-hydrogen) atoms. The standard InChI is InChI=1S/C17H24ClN7O4S/c1-9(2)30(26,27)24-13-8-29-14-12(7-28-15(13)14)22-16-11(18)5-19-17(23-16)21-10-4-20-25(3)6-10/h4-6,9,12-15,24H,7-8H2,1-3H3,(H2,19,21,22,23). The Kier molecular flexibility index (Phi) is 5.86. The molecule has 4 rings (SSSR count). The van der Waals surface area contributed by atoms with E-state index < -0.39 is 21.3 Å². The van der Waals surface area contributed by atoms with Crippen LogP contribution in [0, 0.1) is 0 Å². The highest BCUT2D eigenvalue weighted by Crippen LogP contribution is 2.31. The molecule has 13 heteroatoms. The fourth-order valence-electron chi connectivity index (χ4n) is 3.39. The molecule has 4 heterocycles. The van der Waals surface area contributed by atoms with E-state index in [0.717, 1.165) is 5.69 Å². The molecule has 4 unspecified atom stereocenters. The first kappa shape index (κ1) is 21.2. The van der Waals surface area contributed by atoms with Crippen LogP contribution in [0.1, 0.15) is 13.8 Å². The topological polar surface area (TPSA) is 132 Å². The monoisotopic (exact) mass is 457 g/mol. The van der Waals surface area contributed by atoms with E-state index in [-0.39, 0.29) is 24.9 Å². The summed E-state index contributed by atoms with van der Waals surface area (Å²) in [6.45, 7) is 3.83. The Morgan fingerprint density at radius 1 is 1.20 bits per heavy atom. The van der Waals surface area contributed by atoms with Crippen LogP contribution < -0.4 is 15.4 Å². The molecule has 2 aromatic rings. The molecule has 0 aliphatic carbocycles. The molecule has 2 fully saturated rings. The molecule has 2 aromatic heterocycles. The van der Waals surface area contributed by atoms with Gasteiger partial charge in [-0.1, -0.05) is 11.6 Å². The summed E-state index contributed by atoms with van der Waals surface area (Å²) in [5.41, 5.74) is 0.745. The van der Waals surface area contributed by atoms with Crippen molar-refractivity contribution in [2.75, 3.05) is 23.8 Å². The quantitative estimate of drug-likeness (QED) is 0.554. The SMILES string of the molecule is CC(C)S(=O)(=O)NC1COC2C(Nc3nc(Nc4cnn(C)c4)ncc3Cl)COC12. The normalized spacial score (nSPS) is 26.2. The summed E-state index contributed by atoms with van der Waals surface area (Å²) in [4.78, 5) is 8.61. The maximum atomic E-state index is 12.2. The molecule has 164 valence electrons. The second-order valence-corrected chi connectivity index (χ2v) is 10.3. The van der Waals surface area contributed by atoms with Crippen molar-refractivity contribution >= 4 is 39.1 Å².